The number of aliphatic carboxylic acids is 1. The fraction of sp³-hybridized carbons (Fsp3) is 0.292. The van der Waals surface area contributed by atoms with Crippen LogP contribution in [0.15, 0.2) is 59.3 Å². The van der Waals surface area contributed by atoms with Crippen LogP contribution in [-0.4, -0.2) is 59.4 Å². The number of hydrogen-bond donors (Lipinski definition) is 1. The van der Waals surface area contributed by atoms with E-state index in [-0.39, 0.29) is 11.7 Å². The number of carbonyl (C=O) groups excluding carboxylic acids is 1. The Hall–Kier alpha value is -3.60. The van der Waals surface area contributed by atoms with Crippen LogP contribution in [-0.2, 0) is 16.0 Å². The van der Waals surface area contributed by atoms with Crippen molar-refractivity contribution in [3.8, 4) is 11.3 Å². The van der Waals surface area contributed by atoms with E-state index >= 15 is 0 Å². The lowest BCUT2D eigenvalue weighted by Crippen LogP contribution is -2.48. The predicted octanol–water partition coefficient (Wildman–Crippen LogP) is 5.05. The van der Waals surface area contributed by atoms with Gasteiger partial charge in [0.05, 0.1) is 16.9 Å². The van der Waals surface area contributed by atoms with Gasteiger partial charge in [0.1, 0.15) is 5.82 Å². The molecule has 3 aromatic rings. The molecular weight excluding hydrogens is 506 g/mol. The number of hydrogen-bond acceptors (Lipinski definition) is 5. The Morgan fingerprint density at radius 3 is 2.22 bits per heavy atom. The summed E-state index contributed by atoms with van der Waals surface area (Å²) in [4.78, 5) is 25.7. The molecule has 0 atom stereocenters. The zero-order chi connectivity index (χ0) is 26.3. The lowest BCUT2D eigenvalue weighted by atomic mass is 10.0. The van der Waals surface area contributed by atoms with Gasteiger partial charge < -0.3 is 19.4 Å². The molecule has 36 heavy (non-hydrogen) atoms. The molecule has 7 nitrogen and oxygen atoms in total. The van der Waals surface area contributed by atoms with Crippen LogP contribution >= 0.6 is 11.6 Å². The summed E-state index contributed by atoms with van der Waals surface area (Å²) in [6, 6.07) is 13.8. The number of amides is 1. The molecule has 0 radical (unpaired) electrons. The average molecular weight is 528 g/mol. The number of carboxylic acids is 1. The Morgan fingerprint density at radius 2 is 1.64 bits per heavy atom. The molecule has 12 heteroatoms. The maximum absolute atomic E-state index is 13.1. The van der Waals surface area contributed by atoms with Gasteiger partial charge in [0.25, 0.3) is 0 Å². The van der Waals surface area contributed by atoms with E-state index in [1.165, 1.54) is 12.1 Å². The summed E-state index contributed by atoms with van der Waals surface area (Å²) in [5, 5.41) is 11.7. The zero-order valence-corrected chi connectivity index (χ0v) is 19.6. The third-order valence-electron chi connectivity index (χ3n) is 5.43. The number of rotatable bonds is 5. The van der Waals surface area contributed by atoms with Gasteiger partial charge in [-0.1, -0.05) is 28.9 Å². The molecule has 0 saturated carbocycles. The third kappa shape index (κ3) is 7.20. The molecule has 1 aliphatic rings. The molecule has 0 bridgehead atoms. The van der Waals surface area contributed by atoms with Crippen molar-refractivity contribution in [3.63, 3.8) is 0 Å². The Morgan fingerprint density at radius 1 is 1.03 bits per heavy atom. The maximum atomic E-state index is 13.1. The van der Waals surface area contributed by atoms with Crippen LogP contribution in [0.1, 0.15) is 12.0 Å². The number of alkyl halides is 3. The van der Waals surface area contributed by atoms with E-state index < -0.39 is 12.1 Å². The smallest absolute Gasteiger partial charge is 0.475 e. The number of anilines is 1. The van der Waals surface area contributed by atoms with Crippen molar-refractivity contribution in [2.75, 3.05) is 31.1 Å². The lowest BCUT2D eigenvalue weighted by Gasteiger charge is -2.36. The number of benzene rings is 2. The summed E-state index contributed by atoms with van der Waals surface area (Å²) in [6.07, 6.45) is -2.55. The molecule has 0 aliphatic carbocycles. The number of nitrogens with zero attached hydrogens (tertiary/aromatic N) is 3. The van der Waals surface area contributed by atoms with Crippen LogP contribution in [0.5, 0.6) is 0 Å². The SMILES string of the molecule is O=C(CCc1cnoc1-c1ccc(F)cc1)N1CCN(c2ccccc2Cl)CC1.O=C(O)C(F)(F)F. The number of aromatic nitrogens is 1. The number of carboxylic acid groups (broad SMARTS) is 1. The van der Waals surface area contributed by atoms with Crippen LogP contribution in [0.25, 0.3) is 11.3 Å². The van der Waals surface area contributed by atoms with Crippen LogP contribution in [0.2, 0.25) is 5.02 Å². The van der Waals surface area contributed by atoms with Gasteiger partial charge >= 0.3 is 12.1 Å². The first-order valence-corrected chi connectivity index (χ1v) is 11.2. The molecule has 1 amide bonds. The van der Waals surface area contributed by atoms with Gasteiger partial charge in [0.2, 0.25) is 5.91 Å². The second kappa shape index (κ2) is 11.9. The third-order valence-corrected chi connectivity index (χ3v) is 5.75. The summed E-state index contributed by atoms with van der Waals surface area (Å²) in [7, 11) is 0. The number of aryl methyl sites for hydroxylation is 1. The van der Waals surface area contributed by atoms with Gasteiger partial charge in [0.15, 0.2) is 5.76 Å². The van der Waals surface area contributed by atoms with Crippen LogP contribution in [0.3, 0.4) is 0 Å². The molecule has 1 N–H and O–H groups in total. The molecular formula is C24H22ClF4N3O4. The highest BCUT2D eigenvalue weighted by Gasteiger charge is 2.38. The summed E-state index contributed by atoms with van der Waals surface area (Å²) < 4.78 is 50.2. The Balaban J connectivity index is 0.000000454. The molecule has 0 unspecified atom stereocenters. The van der Waals surface area contributed by atoms with Crippen molar-refractivity contribution >= 4 is 29.2 Å². The van der Waals surface area contributed by atoms with Crippen molar-refractivity contribution in [3.05, 3.63) is 71.1 Å². The molecule has 192 valence electrons. The zero-order valence-electron chi connectivity index (χ0n) is 18.8. The highest BCUT2D eigenvalue weighted by atomic mass is 35.5. The maximum Gasteiger partial charge on any atom is 0.490 e. The molecule has 1 saturated heterocycles. The van der Waals surface area contributed by atoms with Gasteiger partial charge in [-0.3, -0.25) is 4.79 Å². The second-order valence-corrected chi connectivity index (χ2v) is 8.22. The summed E-state index contributed by atoms with van der Waals surface area (Å²) in [6.45, 7) is 2.84. The number of para-hydroxylation sites is 1. The van der Waals surface area contributed by atoms with E-state index in [0.29, 0.717) is 31.7 Å². The highest BCUT2D eigenvalue weighted by molar-refractivity contribution is 6.33. The van der Waals surface area contributed by atoms with Crippen molar-refractivity contribution in [1.29, 1.82) is 0 Å². The first kappa shape index (κ1) is 27.0. The van der Waals surface area contributed by atoms with E-state index in [1.807, 2.05) is 29.2 Å². The van der Waals surface area contributed by atoms with Gasteiger partial charge in [-0.15, -0.1) is 0 Å². The van der Waals surface area contributed by atoms with E-state index in [0.717, 1.165) is 34.9 Å². The van der Waals surface area contributed by atoms with Gasteiger partial charge in [-0.25, -0.2) is 9.18 Å². The van der Waals surface area contributed by atoms with Gasteiger partial charge in [-0.2, -0.15) is 13.2 Å². The highest BCUT2D eigenvalue weighted by Crippen LogP contribution is 2.27. The first-order chi connectivity index (χ1) is 17.1. The number of carbonyl (C=O) groups is 2. The van der Waals surface area contributed by atoms with Crippen molar-refractivity contribution in [2.24, 2.45) is 0 Å². The topological polar surface area (TPSA) is 86.9 Å². The van der Waals surface area contributed by atoms with Gasteiger partial charge in [-0.05, 0) is 42.8 Å². The summed E-state index contributed by atoms with van der Waals surface area (Å²) in [5.41, 5.74) is 2.61. The fourth-order valence-electron chi connectivity index (χ4n) is 3.58. The monoisotopic (exact) mass is 527 g/mol. The molecule has 1 aliphatic heterocycles. The number of halogens is 5. The fourth-order valence-corrected chi connectivity index (χ4v) is 3.84. The molecule has 1 aromatic heterocycles. The molecule has 4 rings (SSSR count). The molecule has 2 aromatic carbocycles. The first-order valence-electron chi connectivity index (χ1n) is 10.8. The normalized spacial score (nSPS) is 13.7. The Kier molecular flexibility index (Phi) is 8.92. The van der Waals surface area contributed by atoms with Crippen LogP contribution < -0.4 is 4.90 Å². The van der Waals surface area contributed by atoms with Gasteiger partial charge in [0, 0.05) is 43.7 Å². The second-order valence-electron chi connectivity index (χ2n) is 7.81. The quantitative estimate of drug-likeness (QED) is 0.467. The number of piperazine rings is 1. The molecule has 1 fully saturated rings. The van der Waals surface area contributed by atoms with E-state index in [9.17, 15) is 22.4 Å². The van der Waals surface area contributed by atoms with E-state index in [1.54, 1.807) is 18.3 Å². The van der Waals surface area contributed by atoms with Crippen LogP contribution in [0.4, 0.5) is 23.2 Å². The minimum absolute atomic E-state index is 0.107. The Labute approximate surface area is 208 Å². The lowest BCUT2D eigenvalue weighted by molar-refractivity contribution is -0.192. The Bertz CT molecular complexity index is 1180. The average Bonchev–Trinajstić information content (AvgIpc) is 3.32. The van der Waals surface area contributed by atoms with Crippen LogP contribution in [0, 0.1) is 5.82 Å². The summed E-state index contributed by atoms with van der Waals surface area (Å²) >= 11 is 6.28. The predicted molar refractivity (Wildman–Crippen MR) is 124 cm³/mol. The van der Waals surface area contributed by atoms with Crippen molar-refractivity contribution < 1.29 is 36.8 Å². The van der Waals surface area contributed by atoms with E-state index in [4.69, 9.17) is 26.0 Å². The molecule has 2 heterocycles. The molecule has 0 spiro atoms. The van der Waals surface area contributed by atoms with Crippen molar-refractivity contribution in [1.82, 2.24) is 10.1 Å². The minimum Gasteiger partial charge on any atom is -0.475 e. The largest absolute Gasteiger partial charge is 0.490 e. The van der Waals surface area contributed by atoms with Crippen molar-refractivity contribution in [2.45, 2.75) is 19.0 Å². The standard InChI is InChI=1S/C22H21ClFN3O2.C2HF3O2/c23-19-3-1-2-4-20(19)26-11-13-27(14-12-26)21(28)10-7-17-15-25-29-22(17)16-5-8-18(24)9-6-16;3-2(4,5)1(6)7/h1-6,8-9,15H,7,10-14H2;(H,6,7). The van der Waals surface area contributed by atoms with E-state index in [2.05, 4.69) is 10.1 Å². The minimum atomic E-state index is -5.08. The summed E-state index contributed by atoms with van der Waals surface area (Å²) in [5.74, 6) is -2.37.